The number of hydrogen-bond acceptors (Lipinski definition) is 2. The molecule has 0 heterocycles. The summed E-state index contributed by atoms with van der Waals surface area (Å²) in [5.41, 5.74) is 2.19. The average molecular weight is 373 g/mol. The maximum absolute atomic E-state index is 11.9. The van der Waals surface area contributed by atoms with Crippen molar-refractivity contribution in [3.05, 3.63) is 70.7 Å². The molecular formula is C20H25ClN4O. The minimum absolute atomic E-state index is 0.0154. The third kappa shape index (κ3) is 6.41. The van der Waals surface area contributed by atoms with E-state index in [9.17, 15) is 4.79 Å². The molecule has 0 saturated heterocycles. The lowest BCUT2D eigenvalue weighted by molar-refractivity contribution is -0.127. The summed E-state index contributed by atoms with van der Waals surface area (Å²) in [6.07, 6.45) is 0. The first-order chi connectivity index (χ1) is 12.5. The average Bonchev–Trinajstić information content (AvgIpc) is 2.65. The van der Waals surface area contributed by atoms with Crippen LogP contribution in [0.1, 0.15) is 24.1 Å². The number of nitrogens with one attached hydrogen (secondary N) is 2. The van der Waals surface area contributed by atoms with Gasteiger partial charge in [0.15, 0.2) is 5.96 Å². The Morgan fingerprint density at radius 3 is 2.38 bits per heavy atom. The fourth-order valence-corrected chi connectivity index (χ4v) is 2.39. The monoisotopic (exact) mass is 372 g/mol. The van der Waals surface area contributed by atoms with Crippen LogP contribution in [-0.4, -0.2) is 37.4 Å². The van der Waals surface area contributed by atoms with Crippen LogP contribution in [0.2, 0.25) is 5.02 Å². The molecule has 2 aromatic carbocycles. The van der Waals surface area contributed by atoms with Gasteiger partial charge in [-0.2, -0.15) is 0 Å². The highest BCUT2D eigenvalue weighted by Crippen LogP contribution is 2.12. The van der Waals surface area contributed by atoms with Crippen LogP contribution in [-0.2, 0) is 11.3 Å². The lowest BCUT2D eigenvalue weighted by atomic mass is 10.1. The van der Waals surface area contributed by atoms with Crippen molar-refractivity contribution in [2.75, 3.05) is 20.6 Å². The number of amides is 1. The summed E-state index contributed by atoms with van der Waals surface area (Å²) in [6.45, 7) is 2.73. The number of carbonyl (C=O) groups is 1. The molecule has 0 radical (unpaired) electrons. The molecule has 5 nitrogen and oxygen atoms in total. The Morgan fingerprint density at radius 2 is 1.77 bits per heavy atom. The van der Waals surface area contributed by atoms with Gasteiger partial charge >= 0.3 is 0 Å². The van der Waals surface area contributed by atoms with Crippen molar-refractivity contribution in [2.45, 2.75) is 19.5 Å². The van der Waals surface area contributed by atoms with Gasteiger partial charge in [0.05, 0.1) is 19.1 Å². The predicted octanol–water partition coefficient (Wildman–Crippen LogP) is 3.22. The molecule has 1 unspecified atom stereocenters. The first-order valence-electron chi connectivity index (χ1n) is 8.50. The largest absolute Gasteiger partial charge is 0.350 e. The number of halogens is 1. The van der Waals surface area contributed by atoms with Gasteiger partial charge in [0.2, 0.25) is 5.91 Å². The number of aliphatic imine (C=N–C) groups is 1. The molecule has 0 bridgehead atoms. The zero-order valence-corrected chi connectivity index (χ0v) is 16.1. The number of nitrogens with zero attached hydrogens (tertiary/aromatic N) is 2. The van der Waals surface area contributed by atoms with Crippen LogP contribution >= 0.6 is 11.6 Å². The van der Waals surface area contributed by atoms with Crippen molar-refractivity contribution in [2.24, 2.45) is 4.99 Å². The third-order valence-electron chi connectivity index (χ3n) is 3.89. The van der Waals surface area contributed by atoms with Gasteiger partial charge in [-0.25, -0.2) is 4.99 Å². The molecule has 6 heteroatoms. The van der Waals surface area contributed by atoms with Crippen molar-refractivity contribution < 1.29 is 4.79 Å². The second-order valence-electron chi connectivity index (χ2n) is 6.21. The minimum Gasteiger partial charge on any atom is -0.350 e. The van der Waals surface area contributed by atoms with E-state index < -0.39 is 0 Å². The number of hydrogen-bond donors (Lipinski definition) is 2. The topological polar surface area (TPSA) is 56.7 Å². The van der Waals surface area contributed by atoms with Gasteiger partial charge in [-0.1, -0.05) is 54.1 Å². The van der Waals surface area contributed by atoms with E-state index in [1.54, 1.807) is 19.0 Å². The number of carbonyl (C=O) groups excluding carboxylic acids is 1. The summed E-state index contributed by atoms with van der Waals surface area (Å²) in [5, 5.41) is 7.15. The second kappa shape index (κ2) is 9.82. The molecule has 2 N–H and O–H groups in total. The van der Waals surface area contributed by atoms with E-state index in [4.69, 9.17) is 11.6 Å². The van der Waals surface area contributed by atoms with Gasteiger partial charge in [-0.15, -0.1) is 0 Å². The highest BCUT2D eigenvalue weighted by Gasteiger charge is 2.10. The number of likely N-dealkylation sites (N-methyl/N-ethyl adjacent to an activating group) is 1. The van der Waals surface area contributed by atoms with E-state index in [2.05, 4.69) is 34.7 Å². The van der Waals surface area contributed by atoms with Crippen LogP contribution in [0.15, 0.2) is 59.6 Å². The third-order valence-corrected chi connectivity index (χ3v) is 4.14. The van der Waals surface area contributed by atoms with E-state index in [-0.39, 0.29) is 18.5 Å². The summed E-state index contributed by atoms with van der Waals surface area (Å²) in [6, 6.07) is 17.7. The van der Waals surface area contributed by atoms with Gasteiger partial charge in [0.1, 0.15) is 0 Å². The summed E-state index contributed by atoms with van der Waals surface area (Å²) in [7, 11) is 3.46. The molecule has 0 saturated carbocycles. The minimum atomic E-state index is -0.0154. The molecule has 2 aromatic rings. The van der Waals surface area contributed by atoms with Gasteiger partial charge < -0.3 is 15.5 Å². The lowest BCUT2D eigenvalue weighted by Crippen LogP contribution is -2.43. The van der Waals surface area contributed by atoms with Crippen LogP contribution in [0.4, 0.5) is 0 Å². The molecule has 138 valence electrons. The Kier molecular flexibility index (Phi) is 7.48. The SMILES string of the molecule is CC(NC(=NCc1ccc(Cl)cc1)NCC(=O)N(C)C)c1ccccc1. The Morgan fingerprint density at radius 1 is 1.12 bits per heavy atom. The quantitative estimate of drug-likeness (QED) is 0.604. The molecule has 26 heavy (non-hydrogen) atoms. The molecule has 0 aliphatic carbocycles. The van der Waals surface area contributed by atoms with Gasteiger partial charge in [0.25, 0.3) is 0 Å². The second-order valence-corrected chi connectivity index (χ2v) is 6.65. The van der Waals surface area contributed by atoms with Crippen LogP contribution < -0.4 is 10.6 Å². The highest BCUT2D eigenvalue weighted by atomic mass is 35.5. The van der Waals surface area contributed by atoms with E-state index in [0.29, 0.717) is 17.5 Å². The number of guanidine groups is 1. The smallest absolute Gasteiger partial charge is 0.241 e. The van der Waals surface area contributed by atoms with Gasteiger partial charge in [0, 0.05) is 19.1 Å². The molecule has 1 amide bonds. The fraction of sp³-hybridized carbons (Fsp3) is 0.300. The molecule has 1 atom stereocenters. The summed E-state index contributed by atoms with van der Waals surface area (Å²) < 4.78 is 0. The van der Waals surface area contributed by atoms with Crippen molar-refractivity contribution in [3.63, 3.8) is 0 Å². The fourth-order valence-electron chi connectivity index (χ4n) is 2.26. The normalized spacial score (nSPS) is 12.4. The predicted molar refractivity (Wildman–Crippen MR) is 107 cm³/mol. The van der Waals surface area contributed by atoms with E-state index in [1.165, 1.54) is 0 Å². The Bertz CT molecular complexity index is 729. The van der Waals surface area contributed by atoms with E-state index in [0.717, 1.165) is 11.1 Å². The lowest BCUT2D eigenvalue weighted by Gasteiger charge is -2.19. The standard InChI is InChI=1S/C20H25ClN4O/c1-15(17-7-5-4-6-8-17)24-20(23-14-19(26)25(2)3)22-13-16-9-11-18(21)12-10-16/h4-12,15H,13-14H2,1-3H3,(H2,22,23,24). The highest BCUT2D eigenvalue weighted by molar-refractivity contribution is 6.30. The molecular weight excluding hydrogens is 348 g/mol. The summed E-state index contributed by atoms with van der Waals surface area (Å²) >= 11 is 5.92. The van der Waals surface area contributed by atoms with Crippen molar-refractivity contribution in [3.8, 4) is 0 Å². The molecule has 2 rings (SSSR count). The maximum Gasteiger partial charge on any atom is 0.241 e. The summed E-state index contributed by atoms with van der Waals surface area (Å²) in [4.78, 5) is 18.0. The van der Waals surface area contributed by atoms with Crippen molar-refractivity contribution >= 4 is 23.5 Å². The van der Waals surface area contributed by atoms with Crippen molar-refractivity contribution in [1.29, 1.82) is 0 Å². The Balaban J connectivity index is 2.08. The van der Waals surface area contributed by atoms with E-state index in [1.807, 2.05) is 42.5 Å². The van der Waals surface area contributed by atoms with Crippen molar-refractivity contribution in [1.82, 2.24) is 15.5 Å². The van der Waals surface area contributed by atoms with Gasteiger partial charge in [-0.3, -0.25) is 4.79 Å². The van der Waals surface area contributed by atoms with Gasteiger partial charge in [-0.05, 0) is 30.2 Å². The Hall–Kier alpha value is -2.53. The number of benzene rings is 2. The van der Waals surface area contributed by atoms with E-state index >= 15 is 0 Å². The van der Waals surface area contributed by atoms with Crippen LogP contribution in [0.5, 0.6) is 0 Å². The van der Waals surface area contributed by atoms with Crippen LogP contribution in [0.3, 0.4) is 0 Å². The maximum atomic E-state index is 11.9. The zero-order valence-electron chi connectivity index (χ0n) is 15.4. The van der Waals surface area contributed by atoms with Crippen LogP contribution in [0.25, 0.3) is 0 Å². The molecule has 0 aliphatic heterocycles. The molecule has 0 aromatic heterocycles. The zero-order chi connectivity index (χ0) is 18.9. The molecule has 0 aliphatic rings. The summed E-state index contributed by atoms with van der Waals surface area (Å²) in [5.74, 6) is 0.574. The first kappa shape index (κ1) is 19.8. The number of rotatable bonds is 6. The first-order valence-corrected chi connectivity index (χ1v) is 8.88. The molecule has 0 spiro atoms. The molecule has 0 fully saturated rings. The van der Waals surface area contributed by atoms with Crippen LogP contribution in [0, 0.1) is 0 Å². The Labute approximate surface area is 160 Å².